The molecule has 0 aromatic heterocycles. The Morgan fingerprint density at radius 3 is 0.871 bits per heavy atom. The van der Waals surface area contributed by atoms with E-state index < -0.39 is 60.7 Å². The molecule has 0 radical (unpaired) electrons. The Kier molecular flexibility index (Phi) is 45.4. The number of carbonyl (C=O) groups excluding carboxylic acids is 5. The Labute approximate surface area is 521 Å². The molecule has 3 amide bonds. The van der Waals surface area contributed by atoms with Crippen LogP contribution in [-0.4, -0.2) is 256 Å². The number of aliphatic hydroxyl groups is 10. The van der Waals surface area contributed by atoms with Crippen LogP contribution in [0.3, 0.4) is 0 Å². The Morgan fingerprint density at radius 2 is 0.635 bits per heavy atom. The van der Waals surface area contributed by atoms with E-state index in [9.17, 15) is 59.4 Å². The topological polar surface area (TPSA) is 462 Å². The highest BCUT2D eigenvalue weighted by Crippen LogP contribution is 2.29. The van der Waals surface area contributed by atoms with E-state index in [1.165, 1.54) is 27.7 Å². The first-order valence-corrected chi connectivity index (χ1v) is 30.3. The van der Waals surface area contributed by atoms with E-state index in [-0.39, 0.29) is 195 Å². The molecule has 0 aromatic carbocycles. The second-order valence-corrected chi connectivity index (χ2v) is 24.6. The summed E-state index contributed by atoms with van der Waals surface area (Å²) in [7, 11) is 0. The molecule has 20 N–H and O–H groups in total. The van der Waals surface area contributed by atoms with Crippen molar-refractivity contribution in [2.24, 2.45) is 29.6 Å². The number of amides is 3. The highest BCUT2D eigenvalue weighted by atomic mass is 35.5. The van der Waals surface area contributed by atoms with Gasteiger partial charge >= 0.3 is 5.97 Å². The van der Waals surface area contributed by atoms with Crippen LogP contribution in [0.15, 0.2) is 0 Å². The lowest BCUT2D eigenvalue weighted by molar-refractivity contribution is -0.473. The van der Waals surface area contributed by atoms with Crippen molar-refractivity contribution in [1.82, 2.24) is 16.0 Å². The number of carboxylic acid groups (broad SMARTS) is 1. The maximum Gasteiger partial charge on any atom is 0.304 e. The van der Waals surface area contributed by atoms with Crippen LogP contribution < -0.4 is 52.2 Å². The van der Waals surface area contributed by atoms with Gasteiger partial charge in [-0.15, -0.1) is 0 Å². The van der Waals surface area contributed by atoms with E-state index in [2.05, 4.69) is 27.4 Å². The fraction of sp³-hybridized carbons (Fsp3) is 0.889. The van der Waals surface area contributed by atoms with Crippen molar-refractivity contribution in [3.8, 4) is 0 Å². The normalized spacial score (nSPS) is 37.4. The number of carbonyl (C=O) groups is 6. The van der Waals surface area contributed by atoms with Gasteiger partial charge in [-0.3, -0.25) is 28.8 Å². The predicted octanol–water partition coefficient (Wildman–Crippen LogP) is -10.1. The summed E-state index contributed by atoms with van der Waals surface area (Å²) in [4.78, 5) is 64.5. The molecule has 5 rings (SSSR count). The average Bonchev–Trinajstić information content (AvgIpc) is 3.62. The zero-order chi connectivity index (χ0) is 64.3. The molecule has 0 spiro atoms. The monoisotopic (exact) mass is 1310 g/mol. The second-order valence-electron chi connectivity index (χ2n) is 22.0. The summed E-state index contributed by atoms with van der Waals surface area (Å²) in [5.41, 5.74) is 7.64. The highest BCUT2D eigenvalue weighted by molar-refractivity contribution is 8.13. The number of thioether (sulfide) groups is 2. The minimum atomic E-state index is -0.858. The van der Waals surface area contributed by atoms with Gasteiger partial charge in [0.25, 0.3) is 0 Å². The Hall–Kier alpha value is -2.18. The Bertz CT molecular complexity index is 1820. The number of aliphatic carboxylic acids is 1. The van der Waals surface area contributed by atoms with Crippen molar-refractivity contribution < 1.29 is 145 Å². The zero-order valence-electron chi connectivity index (χ0n) is 51.7. The SMILES string of the molecule is CC(=O)N[C@@H]1[C@@H](O)[C@H](C)[C@@H](CO)O[C@H]1C.CC(=O)N[C@@H]1[C@@H](O)[C@H](C)[C@@H](CO)O[C@H]1C.CC(=O)SCCC(=O)N[C@@H]1[C@@H](O)[C@H](C)[C@@H](CO)O[C@H]1C.CC(=O)SCCC(=O)O.C[C@H]1[C@H](O)[C@@H]([NH3+])[C@H](C)O[C@@H]1CO.C[C@H]1[C@H](O)[C@@H]([NH3+])[C@H](C)O[C@@H]1CO.[Cl-].[Cl-]. The third-order valence-corrected chi connectivity index (χ3v) is 17.1. The highest BCUT2D eigenvalue weighted by Gasteiger charge is 2.45. The van der Waals surface area contributed by atoms with Gasteiger partial charge in [-0.25, -0.2) is 0 Å². The van der Waals surface area contributed by atoms with Crippen molar-refractivity contribution in [2.75, 3.05) is 44.5 Å². The van der Waals surface area contributed by atoms with Crippen molar-refractivity contribution >= 4 is 57.4 Å². The molecule has 5 aliphatic heterocycles. The largest absolute Gasteiger partial charge is 1.00 e. The van der Waals surface area contributed by atoms with Crippen molar-refractivity contribution in [3.63, 3.8) is 0 Å². The van der Waals surface area contributed by atoms with Gasteiger partial charge in [0, 0.05) is 75.2 Å². The summed E-state index contributed by atoms with van der Waals surface area (Å²) in [5.74, 6) is -1.36. The Morgan fingerprint density at radius 1 is 0.400 bits per heavy atom. The maximum absolute atomic E-state index is 11.8. The molecular weight excluding hydrogens is 1210 g/mol. The molecular formula is C54H105Cl2N5O22S2. The van der Waals surface area contributed by atoms with E-state index in [1.54, 1.807) is 41.5 Å². The summed E-state index contributed by atoms with van der Waals surface area (Å²) in [6, 6.07) is -1.49. The van der Waals surface area contributed by atoms with Crippen LogP contribution >= 0.6 is 23.5 Å². The van der Waals surface area contributed by atoms with Crippen molar-refractivity contribution in [1.29, 1.82) is 0 Å². The lowest BCUT2D eigenvalue weighted by Crippen LogP contribution is -3.00. The molecule has 0 aliphatic carbocycles. The van der Waals surface area contributed by atoms with Gasteiger partial charge in [0.15, 0.2) is 10.2 Å². The maximum atomic E-state index is 11.8. The quantitative estimate of drug-likeness (QED) is 0.0768. The molecule has 5 aliphatic rings. The molecule has 25 atom stereocenters. The van der Waals surface area contributed by atoms with Gasteiger partial charge in [0.1, 0.15) is 36.5 Å². The second kappa shape index (κ2) is 44.3. The molecule has 504 valence electrons. The van der Waals surface area contributed by atoms with Crippen LogP contribution in [0.5, 0.6) is 0 Å². The summed E-state index contributed by atoms with van der Waals surface area (Å²) in [5, 5.41) is 111. The summed E-state index contributed by atoms with van der Waals surface area (Å²) in [6.07, 6.45) is -5.52. The number of carboxylic acids is 1. The van der Waals surface area contributed by atoms with Crippen LogP contribution in [0.4, 0.5) is 0 Å². The number of nitrogens with one attached hydrogen (secondary N) is 3. The fourth-order valence-corrected chi connectivity index (χ4v) is 10.8. The molecule has 5 saturated heterocycles. The lowest BCUT2D eigenvalue weighted by atomic mass is 9.87. The first kappa shape index (κ1) is 87.0. The van der Waals surface area contributed by atoms with Gasteiger partial charge in [0.2, 0.25) is 17.7 Å². The van der Waals surface area contributed by atoms with E-state index >= 15 is 0 Å². The van der Waals surface area contributed by atoms with Gasteiger partial charge in [-0.05, 0) is 34.6 Å². The summed E-state index contributed by atoms with van der Waals surface area (Å²) >= 11 is 2.14. The molecule has 27 nitrogen and oxygen atoms in total. The smallest absolute Gasteiger partial charge is 0.304 e. The predicted molar refractivity (Wildman–Crippen MR) is 307 cm³/mol. The molecule has 0 bridgehead atoms. The van der Waals surface area contributed by atoms with Crippen LogP contribution in [0.1, 0.15) is 110 Å². The molecule has 0 unspecified atom stereocenters. The number of rotatable bonds is 14. The first-order chi connectivity index (χ1) is 38.6. The minimum absolute atomic E-state index is 0. The van der Waals surface area contributed by atoms with E-state index in [0.29, 0.717) is 11.5 Å². The molecule has 31 heteroatoms. The molecule has 85 heavy (non-hydrogen) atoms. The number of quaternary nitrogens is 2. The van der Waals surface area contributed by atoms with Crippen LogP contribution in [0.25, 0.3) is 0 Å². The van der Waals surface area contributed by atoms with E-state index in [4.69, 9.17) is 49.2 Å². The molecule has 0 saturated carbocycles. The van der Waals surface area contributed by atoms with Gasteiger partial charge in [-0.1, -0.05) is 58.1 Å². The third kappa shape index (κ3) is 30.0. The number of ether oxygens (including phenoxy) is 5. The molecule has 5 heterocycles. The van der Waals surface area contributed by atoms with E-state index in [1.807, 2.05) is 27.7 Å². The number of hydrogen-bond donors (Lipinski definition) is 16. The van der Waals surface area contributed by atoms with Gasteiger partial charge in [-0.2, -0.15) is 0 Å². The zero-order valence-corrected chi connectivity index (χ0v) is 54.8. The lowest BCUT2D eigenvalue weighted by Gasteiger charge is -2.42. The standard InChI is InChI=1S/C13H23NO5S.2C10H19NO4.2C8H17NO3.C5H8O3S.2ClH/c1-7-10(6-15)19-8(2)12(13(7)18)14-11(17)4-5-20-9(3)16;2*1-5-8(4-12)15-6(2)9(10(5)14)11-7(3)13;2*1-4-6(3-10)12-5(2)7(9)8(4)11;1-4(6)9-3-2-5(7)8;;/h7-8,10,12-13,15,18H,4-6H2,1-3H3,(H,14,17);2*5-6,8-10,12,14H,4H2,1-3H3,(H,11,13);2*4-8,10-11H,3,9H2,1-2H3;2-3H2,1H3,(H,7,8);2*1H/t7-,8+,10-,12+,13+;2*5-,6+,8-,9+,10+;2*4-,5+,6-,7+,8+;;;/m11111.../s1. The number of hydrogen-bond acceptors (Lipinski definition) is 23. The summed E-state index contributed by atoms with van der Waals surface area (Å²) in [6.45, 7) is 23.4. The minimum Gasteiger partial charge on any atom is -1.00 e. The van der Waals surface area contributed by atoms with Crippen molar-refractivity contribution in [3.05, 3.63) is 0 Å². The molecule has 5 fully saturated rings. The Balaban J connectivity index is -0.000000960. The number of aliphatic hydroxyl groups excluding tert-OH is 10. The molecule has 0 aromatic rings. The van der Waals surface area contributed by atoms with E-state index in [0.717, 1.165) is 23.5 Å². The van der Waals surface area contributed by atoms with Gasteiger partial charge < -0.3 is 132 Å². The van der Waals surface area contributed by atoms with Crippen molar-refractivity contribution in [2.45, 2.75) is 232 Å². The fourth-order valence-electron chi connectivity index (χ4n) is 9.65. The van der Waals surface area contributed by atoms with Crippen LogP contribution in [-0.2, 0) is 52.5 Å². The summed E-state index contributed by atoms with van der Waals surface area (Å²) < 4.78 is 27.5. The van der Waals surface area contributed by atoms with Crippen LogP contribution in [0, 0.1) is 29.6 Å². The van der Waals surface area contributed by atoms with Crippen LogP contribution in [0.2, 0.25) is 0 Å². The third-order valence-electron chi connectivity index (χ3n) is 15.5. The first-order valence-electron chi connectivity index (χ1n) is 28.3. The van der Waals surface area contributed by atoms with Gasteiger partial charge in [0.05, 0.1) is 125 Å². The number of halogens is 2. The average molecular weight is 1310 g/mol.